The first-order chi connectivity index (χ1) is 48.7. The van der Waals surface area contributed by atoms with E-state index in [4.69, 9.17) is 199 Å². The molecule has 0 heterocycles. The van der Waals surface area contributed by atoms with Crippen LogP contribution >= 0.6 is 34.2 Å². The molecule has 0 unspecified atom stereocenters. The summed E-state index contributed by atoms with van der Waals surface area (Å²) >= 11 is 62.2. The van der Waals surface area contributed by atoms with Crippen LogP contribution in [-0.4, -0.2) is 79.3 Å². The van der Waals surface area contributed by atoms with E-state index < -0.39 is 34.2 Å². The number of unbranched alkanes of at least 4 members (excludes halogenated alkanes) is 36. The predicted molar refractivity (Wildman–Crippen MR) is 491 cm³/mol. The Labute approximate surface area is 717 Å². The normalized spacial score (nSPS) is 11.8. The third-order valence-corrected chi connectivity index (χ3v) is 28.5. The molecule has 0 aliphatic heterocycles. The minimum absolute atomic E-state index is 0. The number of hydrogen-bond donors (Lipinski definition) is 0. The van der Waals surface area contributed by atoms with Gasteiger partial charge in [-0.05, 0) is 77.0 Å². The second-order valence-corrected chi connectivity index (χ2v) is 55.3. The van der Waals surface area contributed by atoms with Crippen LogP contribution in [0.1, 0.15) is 391 Å². The summed E-state index contributed by atoms with van der Waals surface area (Å²) in [5.74, 6) is 0. The van der Waals surface area contributed by atoms with E-state index in [0.717, 1.165) is 77.0 Å². The van der Waals surface area contributed by atoms with Crippen LogP contribution in [0.5, 0.6) is 0 Å². The van der Waals surface area contributed by atoms with Gasteiger partial charge in [-0.3, -0.25) is 0 Å². The molecule has 12 nitrogen and oxygen atoms in total. The minimum atomic E-state index is -2.37. The Morgan fingerprint density at radius 2 is 0.214 bits per heavy atom. The van der Waals surface area contributed by atoms with E-state index >= 15 is 0 Å². The van der Waals surface area contributed by atoms with Crippen LogP contribution in [0.4, 0.5) is 0 Å². The monoisotopic (exact) mass is 1880 g/mol. The molecule has 103 heavy (non-hydrogen) atoms. The summed E-state index contributed by atoms with van der Waals surface area (Å²) in [6.45, 7) is 34.3. The van der Waals surface area contributed by atoms with Gasteiger partial charge in [0.05, 0.1) is 113 Å². The second-order valence-electron chi connectivity index (χ2n) is 25.4. The quantitative estimate of drug-likeness (QED) is 0.0249. The van der Waals surface area contributed by atoms with Crippen LogP contribution in [0.15, 0.2) is 0 Å². The Bertz CT molecular complexity index is 1520. The van der Waals surface area contributed by atoms with Crippen molar-refractivity contribution in [2.24, 2.45) is 0 Å². The average Bonchev–Trinajstić information content (AvgIpc) is 1.21. The van der Waals surface area contributed by atoms with E-state index in [-0.39, 0.29) is 21.1 Å². The van der Waals surface area contributed by atoms with Crippen molar-refractivity contribution in [1.29, 1.82) is 0 Å². The summed E-state index contributed by atoms with van der Waals surface area (Å²) in [5, 5.41) is 0. The average molecular weight is 1880 g/mol. The Balaban J connectivity index is -0.000000214. The molecule has 0 aliphatic carbocycles. The molecule has 0 radical (unpaired) electrons. The molecule has 0 rings (SSSR count). The smallest absolute Gasteiger partial charge is 0.0563 e. The molecule has 630 valence electrons. The van der Waals surface area contributed by atoms with E-state index in [1.165, 1.54) is 231 Å². The van der Waals surface area contributed by atoms with Crippen LogP contribution in [-0.2, 0) is 220 Å². The van der Waals surface area contributed by atoms with Crippen molar-refractivity contribution in [2.75, 3.05) is 79.3 Å². The van der Waals surface area contributed by atoms with Crippen LogP contribution < -0.4 is 0 Å². The largest absolute Gasteiger partial charge is 0.691 e. The molecule has 0 amide bonds. The second kappa shape index (κ2) is 95.4. The van der Waals surface area contributed by atoms with Crippen molar-refractivity contribution < 1.29 is 75.4 Å². The summed E-state index contributed by atoms with van der Waals surface area (Å²) in [6, 6.07) is 0. The fourth-order valence-corrected chi connectivity index (χ4v) is 18.7. The van der Waals surface area contributed by atoms with Crippen molar-refractivity contribution in [3.05, 3.63) is 0 Å². The third-order valence-electron chi connectivity index (χ3n) is 15.0. The van der Waals surface area contributed by atoms with E-state index in [1.54, 1.807) is 0 Å². The molecule has 0 atom stereocenters. The SMILES string of the molecule is CCCCCCOP(=S)([S-])OCCCCCC.CCCCCCOP(=S)([S-])OCCCCCC.CCCCCCOP(=S)([S-])OCCCCCC.CCCCCCOP(=S)([S-])OCCCCCC.CCCCCCOP(=S)([S-])OCCCCCC.CCCCCCOP(=S)([S-])OCCCCCC.[Mo]. The molecule has 0 aromatic heterocycles. The molecule has 0 saturated carbocycles. The first-order valence-electron chi connectivity index (χ1n) is 40.3. The summed E-state index contributed by atoms with van der Waals surface area (Å²) in [6.07, 6.45) is 56.6. The van der Waals surface area contributed by atoms with Gasteiger partial charge in [0.1, 0.15) is 0 Å². The molecule has 0 N–H and O–H groups in total. The number of hydrogen-bond acceptors (Lipinski definition) is 24. The zero-order chi connectivity index (χ0) is 77.9. The zero-order valence-corrected chi connectivity index (χ0v) is 84.5. The first kappa shape index (κ1) is 122. The molecular weight excluding hydrogens is 1720 g/mol. The maximum atomic E-state index is 5.50. The molecular formula is C72H156MoO12P6S12-6. The Morgan fingerprint density at radius 1 is 0.146 bits per heavy atom. The van der Waals surface area contributed by atoms with Gasteiger partial charge < -0.3 is 128 Å². The molecule has 31 heteroatoms. The zero-order valence-electron chi connectivity index (χ0n) is 67.3. The van der Waals surface area contributed by atoms with Crippen molar-refractivity contribution in [3.8, 4) is 0 Å². The van der Waals surface area contributed by atoms with E-state index in [2.05, 4.69) is 83.1 Å². The summed E-state index contributed by atoms with van der Waals surface area (Å²) in [7, 11) is 0. The summed E-state index contributed by atoms with van der Waals surface area (Å²) in [4.78, 5) is 0. The van der Waals surface area contributed by atoms with Crippen LogP contribution in [0, 0.1) is 0 Å². The van der Waals surface area contributed by atoms with Gasteiger partial charge >= 0.3 is 0 Å². The fraction of sp³-hybridized carbons (Fsp3) is 1.00. The molecule has 0 bridgehead atoms. The van der Waals surface area contributed by atoms with Gasteiger partial charge in [0, 0.05) is 21.1 Å². The van der Waals surface area contributed by atoms with E-state index in [1.807, 2.05) is 0 Å². The van der Waals surface area contributed by atoms with Gasteiger partial charge in [0.25, 0.3) is 0 Å². The molecule has 0 aromatic rings. The van der Waals surface area contributed by atoms with Crippen molar-refractivity contribution in [3.63, 3.8) is 0 Å². The first-order valence-corrected chi connectivity index (χ1v) is 62.2. The summed E-state index contributed by atoms with van der Waals surface area (Å²) < 4.78 is 66.0. The third kappa shape index (κ3) is 117. The van der Waals surface area contributed by atoms with Gasteiger partial charge in [-0.15, -0.1) is 0 Å². The molecule has 0 aromatic carbocycles. The topological polar surface area (TPSA) is 111 Å². The molecule has 0 fully saturated rings. The van der Waals surface area contributed by atoms with Crippen LogP contribution in [0.3, 0.4) is 0 Å². The maximum absolute atomic E-state index is 5.50. The molecule has 0 aliphatic rings. The van der Waals surface area contributed by atoms with E-state index in [0.29, 0.717) is 79.3 Å². The van der Waals surface area contributed by atoms with Crippen molar-refractivity contribution >= 4 is 178 Å². The van der Waals surface area contributed by atoms with Crippen molar-refractivity contribution in [1.82, 2.24) is 0 Å². The van der Waals surface area contributed by atoms with Gasteiger partial charge in [0.2, 0.25) is 0 Å². The van der Waals surface area contributed by atoms with E-state index in [9.17, 15) is 0 Å². The number of rotatable bonds is 72. The summed E-state index contributed by atoms with van der Waals surface area (Å²) in [5.41, 5.74) is -14.2. The minimum Gasteiger partial charge on any atom is -0.691 e. The Kier molecular flexibility index (Phi) is 113. The maximum Gasteiger partial charge on any atom is 0.0563 e. The van der Waals surface area contributed by atoms with Gasteiger partial charge in [-0.2, -0.15) is 0 Å². The molecule has 0 saturated heterocycles. The standard InChI is InChI=1S/6C12H27O2PS2.Mo/c6*1-3-5-7-9-11-13-15(16,17)14-12-10-8-6-4-2;/h6*3-12H2,1-2H3,(H,16,17);/p-6. The van der Waals surface area contributed by atoms with Crippen LogP contribution in [0.2, 0.25) is 0 Å². The Hall–Kier alpha value is 6.21. The van der Waals surface area contributed by atoms with Gasteiger partial charge in [-0.1, -0.05) is 385 Å². The Morgan fingerprint density at radius 3 is 0.272 bits per heavy atom. The molecule has 0 spiro atoms. The van der Waals surface area contributed by atoms with Crippen molar-refractivity contribution in [2.45, 2.75) is 391 Å². The van der Waals surface area contributed by atoms with Crippen LogP contribution in [0.25, 0.3) is 0 Å². The van der Waals surface area contributed by atoms with Gasteiger partial charge in [-0.25, -0.2) is 0 Å². The predicted octanol–water partition coefficient (Wildman–Crippen LogP) is 29.7. The van der Waals surface area contributed by atoms with Gasteiger partial charge in [0.15, 0.2) is 0 Å². The fourth-order valence-electron chi connectivity index (χ4n) is 8.69.